The maximum Gasteiger partial charge on any atom is 0.328 e. The summed E-state index contributed by atoms with van der Waals surface area (Å²) in [6, 6.07) is 15.3. The van der Waals surface area contributed by atoms with E-state index in [1.165, 1.54) is 18.3 Å². The predicted octanol–water partition coefficient (Wildman–Crippen LogP) is 6.95. The molecule has 5 aliphatic rings. The second-order valence-corrected chi connectivity index (χ2v) is 24.7. The Bertz CT molecular complexity index is 2780. The first-order valence-electron chi connectivity index (χ1n) is 28.9. The van der Waals surface area contributed by atoms with Crippen molar-refractivity contribution in [3.63, 3.8) is 0 Å². The molecule has 4 aliphatic carbocycles. The number of esters is 1. The van der Waals surface area contributed by atoms with Gasteiger partial charge in [0, 0.05) is 50.6 Å². The number of pyridine rings is 1. The zero-order valence-electron chi connectivity index (χ0n) is 45.9. The number of hydrogen-bond donors (Lipinski definition) is 8. The summed E-state index contributed by atoms with van der Waals surface area (Å²) in [7, 11) is 0. The van der Waals surface area contributed by atoms with Gasteiger partial charge >= 0.3 is 5.97 Å². The Balaban J connectivity index is 0.813. The number of aliphatic hydroxyl groups excluding tert-OH is 3. The van der Waals surface area contributed by atoms with Gasteiger partial charge in [-0.1, -0.05) is 74.8 Å². The molecule has 4 saturated carbocycles. The molecule has 2 aromatic heterocycles. The largest absolute Gasteiger partial charge is 0.461 e. The minimum atomic E-state index is -1.04. The fraction of sp³-hybridized carbons (Fsp3) is 0.607. The first-order chi connectivity index (χ1) is 37.8. The van der Waals surface area contributed by atoms with Gasteiger partial charge in [0.05, 0.1) is 30.0 Å². The van der Waals surface area contributed by atoms with Crippen molar-refractivity contribution in [2.45, 2.75) is 166 Å². The molecule has 1 saturated heterocycles. The van der Waals surface area contributed by atoms with Crippen molar-refractivity contribution >= 4 is 52.1 Å². The lowest BCUT2D eigenvalue weighted by atomic mass is 9.43. The molecule has 9 rings (SSSR count). The molecule has 79 heavy (non-hydrogen) atoms. The van der Waals surface area contributed by atoms with Gasteiger partial charge in [0.15, 0.2) is 0 Å². The number of aliphatic hydroxyl groups is 3. The van der Waals surface area contributed by atoms with Gasteiger partial charge in [0.1, 0.15) is 40.9 Å². The van der Waals surface area contributed by atoms with Gasteiger partial charge in [0.2, 0.25) is 17.7 Å². The second-order valence-electron chi connectivity index (χ2n) is 24.3. The number of ether oxygens (including phenoxy) is 1. The van der Waals surface area contributed by atoms with E-state index < -0.39 is 65.5 Å². The number of aromatic amines is 1. The number of amides is 4. The van der Waals surface area contributed by atoms with E-state index in [-0.39, 0.29) is 108 Å². The van der Waals surface area contributed by atoms with Crippen LogP contribution >= 0.6 is 11.6 Å². The number of halogens is 2. The lowest BCUT2D eigenvalue weighted by molar-refractivity contribution is -0.207. The molecule has 428 valence electrons. The standard InChI is InChI=1S/C61H81ClFN7O9/c1-35(43-17-18-44-55-45(33-52(73)61(43,44)3)60(2)23-20-41(71)31-39(60)32-51(55)72)12-19-54(74)67-47(27-36-9-5-4-6-10-36)56(75)68-46(11-7-8-24-64)59(78)79-42-21-25-70(26-22-42)58(77)49(28-37-13-15-40(63)16-14-37)69-57(76)48-29-38-30-53(62)65-34-50(38)66-48/h4-6,9-10,13-16,29-30,34-35,39,41-47,49,51-52,55,66,71-73H,7-8,11-12,17-28,31-33,64H2,1-3H3,(H,67,74)(H,68,75)(H,69,76)/t35-,39?,41-,43-,44?,45?,46+,47+,49+,51-,52+,55?,60+,61-/m1/s1. The number of benzene rings is 2. The summed E-state index contributed by atoms with van der Waals surface area (Å²) in [6.07, 6.45) is 8.04. The van der Waals surface area contributed by atoms with Crippen molar-refractivity contribution in [1.82, 2.24) is 30.8 Å². The minimum absolute atomic E-state index is 0.0261. The van der Waals surface area contributed by atoms with Gasteiger partial charge in [-0.15, -0.1) is 0 Å². The van der Waals surface area contributed by atoms with Crippen LogP contribution in [0.4, 0.5) is 4.39 Å². The van der Waals surface area contributed by atoms with E-state index in [2.05, 4.69) is 46.7 Å². The number of hydrogen-bond acceptors (Lipinski definition) is 11. The topological polar surface area (TPSA) is 249 Å². The molecule has 0 radical (unpaired) electrons. The lowest BCUT2D eigenvalue weighted by Gasteiger charge is -2.63. The molecule has 4 unspecified atom stereocenters. The molecule has 2 aromatic carbocycles. The smallest absolute Gasteiger partial charge is 0.328 e. The molecule has 3 heterocycles. The number of fused-ring (bicyclic) bond motifs is 6. The number of carbonyl (C=O) groups is 5. The van der Waals surface area contributed by atoms with Crippen molar-refractivity contribution in [2.75, 3.05) is 19.6 Å². The number of carbonyl (C=O) groups excluding carboxylic acids is 5. The molecule has 4 aromatic rings. The van der Waals surface area contributed by atoms with Gasteiger partial charge in [0.25, 0.3) is 5.91 Å². The molecule has 9 N–H and O–H groups in total. The van der Waals surface area contributed by atoms with Gasteiger partial charge in [-0.25, -0.2) is 14.2 Å². The number of aromatic nitrogens is 2. The number of likely N-dealkylation sites (tertiary alicyclic amines) is 1. The molecular weight excluding hydrogens is 1030 g/mol. The molecule has 0 bridgehead atoms. The zero-order valence-corrected chi connectivity index (χ0v) is 46.6. The van der Waals surface area contributed by atoms with E-state index in [1.54, 1.807) is 29.2 Å². The summed E-state index contributed by atoms with van der Waals surface area (Å²) >= 11 is 6.07. The van der Waals surface area contributed by atoms with Gasteiger partial charge in [-0.2, -0.15) is 0 Å². The summed E-state index contributed by atoms with van der Waals surface area (Å²) in [6.45, 7) is 7.52. The summed E-state index contributed by atoms with van der Waals surface area (Å²) in [4.78, 5) is 79.1. The molecule has 1 aliphatic heterocycles. The van der Waals surface area contributed by atoms with Crippen LogP contribution in [-0.4, -0.2) is 122 Å². The van der Waals surface area contributed by atoms with E-state index in [1.807, 2.05) is 30.3 Å². The maximum absolute atomic E-state index is 14.4. The van der Waals surface area contributed by atoms with Crippen molar-refractivity contribution < 1.29 is 48.4 Å². The number of unbranched alkanes of at least 4 members (excludes halogenated alkanes) is 1. The Morgan fingerprint density at radius 2 is 1.57 bits per heavy atom. The molecule has 18 heteroatoms. The van der Waals surface area contributed by atoms with Crippen molar-refractivity contribution in [2.24, 2.45) is 52.1 Å². The van der Waals surface area contributed by atoms with Crippen molar-refractivity contribution in [3.8, 4) is 0 Å². The van der Waals surface area contributed by atoms with Crippen LogP contribution < -0.4 is 21.7 Å². The van der Waals surface area contributed by atoms with Crippen LogP contribution in [0.15, 0.2) is 72.9 Å². The van der Waals surface area contributed by atoms with Crippen LogP contribution in [0.1, 0.15) is 132 Å². The highest BCUT2D eigenvalue weighted by molar-refractivity contribution is 6.30. The number of piperidine rings is 1. The molecule has 4 amide bonds. The van der Waals surface area contributed by atoms with Crippen LogP contribution in [0.3, 0.4) is 0 Å². The third kappa shape index (κ3) is 13.0. The highest BCUT2D eigenvalue weighted by Crippen LogP contribution is 2.68. The molecule has 16 nitrogen and oxygen atoms in total. The SMILES string of the molecule is C[C@H](CCC(=O)N[C@@H](Cc1ccccc1)C(=O)N[C@@H](CCCCN)C(=O)OC1CCN(C(=O)[C@H](Cc2ccc(F)cc2)NC(=O)c2cc3cc(Cl)ncc3[nH]2)CC1)[C@H]1CCC2C3C(C[C@H](O)[C@@]21C)[C@@]1(C)CC[C@@H](O)CC1C[C@H]3O. The van der Waals surface area contributed by atoms with E-state index >= 15 is 0 Å². The van der Waals surface area contributed by atoms with Crippen LogP contribution in [-0.2, 0) is 36.8 Å². The maximum atomic E-state index is 14.4. The van der Waals surface area contributed by atoms with Crippen molar-refractivity contribution in [3.05, 3.63) is 101 Å². The predicted molar refractivity (Wildman–Crippen MR) is 297 cm³/mol. The first kappa shape index (κ1) is 58.2. The normalized spacial score (nSPS) is 29.3. The highest BCUT2D eigenvalue weighted by Gasteiger charge is 2.65. The average Bonchev–Trinajstić information content (AvgIpc) is 4.29. The van der Waals surface area contributed by atoms with Gasteiger partial charge in [-0.3, -0.25) is 19.2 Å². The summed E-state index contributed by atoms with van der Waals surface area (Å²) in [5.74, 6) is -1.88. The van der Waals surface area contributed by atoms with Gasteiger partial charge in [-0.05, 0) is 159 Å². The fourth-order valence-electron chi connectivity index (χ4n) is 15.1. The number of rotatable bonds is 20. The van der Waals surface area contributed by atoms with Crippen molar-refractivity contribution in [1.29, 1.82) is 0 Å². The van der Waals surface area contributed by atoms with E-state index in [4.69, 9.17) is 22.1 Å². The monoisotopic (exact) mass is 1110 g/mol. The van der Waals surface area contributed by atoms with Crippen LogP contribution in [0.2, 0.25) is 5.15 Å². The number of H-pyrrole nitrogens is 1. The van der Waals surface area contributed by atoms with E-state index in [0.717, 1.165) is 31.2 Å². The van der Waals surface area contributed by atoms with Crippen LogP contribution in [0.5, 0.6) is 0 Å². The number of nitrogens with two attached hydrogens (primary N) is 1. The Kier molecular flexibility index (Phi) is 18.5. The Morgan fingerprint density at radius 1 is 0.848 bits per heavy atom. The third-order valence-corrected chi connectivity index (χ3v) is 19.7. The zero-order chi connectivity index (χ0) is 56.2. The van der Waals surface area contributed by atoms with Gasteiger partial charge < -0.3 is 51.6 Å². The van der Waals surface area contributed by atoms with Crippen LogP contribution in [0, 0.1) is 52.2 Å². The minimum Gasteiger partial charge on any atom is -0.461 e. The van der Waals surface area contributed by atoms with Crippen LogP contribution in [0.25, 0.3) is 10.9 Å². The Hall–Kier alpha value is -5.46. The average molecular weight is 1110 g/mol. The third-order valence-electron chi connectivity index (χ3n) is 19.5. The molecule has 14 atom stereocenters. The molecular formula is C61H81ClFN7O9. The summed E-state index contributed by atoms with van der Waals surface area (Å²) in [5, 5.41) is 44.2. The fourth-order valence-corrected chi connectivity index (χ4v) is 15.3. The quantitative estimate of drug-likeness (QED) is 0.0256. The second kappa shape index (κ2) is 25.1. The van der Waals surface area contributed by atoms with E-state index in [0.29, 0.717) is 74.4 Å². The number of nitrogens with one attached hydrogen (secondary N) is 4. The summed E-state index contributed by atoms with van der Waals surface area (Å²) < 4.78 is 20.0. The highest BCUT2D eigenvalue weighted by atomic mass is 35.5. The summed E-state index contributed by atoms with van der Waals surface area (Å²) in [5.41, 5.74) is 7.67. The molecule has 0 spiro atoms. The Morgan fingerprint density at radius 3 is 2.30 bits per heavy atom. The van der Waals surface area contributed by atoms with E-state index in [9.17, 15) is 43.7 Å². The Labute approximate surface area is 467 Å². The molecule has 5 fully saturated rings. The first-order valence-corrected chi connectivity index (χ1v) is 29.3. The lowest BCUT2D eigenvalue weighted by Crippen LogP contribution is -2.62. The number of nitrogens with zero attached hydrogens (tertiary/aromatic N) is 2.